The molecular formula is C16H25F3N2O3. The van der Waals surface area contributed by atoms with Crippen molar-refractivity contribution in [3.63, 3.8) is 0 Å². The third-order valence-corrected chi connectivity index (χ3v) is 5.35. The van der Waals surface area contributed by atoms with Crippen LogP contribution in [0.2, 0.25) is 0 Å². The molecule has 24 heavy (non-hydrogen) atoms. The van der Waals surface area contributed by atoms with Crippen molar-refractivity contribution in [3.8, 4) is 0 Å². The number of carbonyl (C=O) groups is 2. The molecule has 2 fully saturated rings. The summed E-state index contributed by atoms with van der Waals surface area (Å²) in [6, 6.07) is -0.599. The summed E-state index contributed by atoms with van der Waals surface area (Å²) in [5, 5.41) is 11.7. The van der Waals surface area contributed by atoms with E-state index in [2.05, 4.69) is 19.2 Å². The smallest absolute Gasteiger partial charge is 0.394 e. The van der Waals surface area contributed by atoms with E-state index in [-0.39, 0.29) is 0 Å². The number of hydrogen-bond donors (Lipinski definition) is 2. The number of nitrogens with one attached hydrogen (secondary N) is 1. The fourth-order valence-corrected chi connectivity index (χ4v) is 3.56. The Kier molecular flexibility index (Phi) is 5.34. The summed E-state index contributed by atoms with van der Waals surface area (Å²) >= 11 is 0. The van der Waals surface area contributed by atoms with Gasteiger partial charge >= 0.3 is 18.2 Å². The lowest BCUT2D eigenvalue weighted by atomic mass is 9.73. The predicted molar refractivity (Wildman–Crippen MR) is 81.4 cm³/mol. The summed E-state index contributed by atoms with van der Waals surface area (Å²) < 4.78 is 38.8. The standard InChI is InChI=1S/C16H25F3N2O3/c1-15(2)5-3-10(4-6-15)7-20-14(24)21-8-11(13(22)23)12(9-21)16(17,18)19/h10-12H,3-9H2,1-2H3,(H,20,24)(H,22,23)/t11-,12-/m1/s1. The lowest BCUT2D eigenvalue weighted by Crippen LogP contribution is -2.42. The van der Waals surface area contributed by atoms with Gasteiger partial charge in [-0.3, -0.25) is 4.79 Å². The van der Waals surface area contributed by atoms with Crippen molar-refractivity contribution >= 4 is 12.0 Å². The number of carboxylic acids is 1. The maximum absolute atomic E-state index is 12.9. The van der Waals surface area contributed by atoms with Crippen LogP contribution in [0.4, 0.5) is 18.0 Å². The Balaban J connectivity index is 1.86. The molecule has 2 N–H and O–H groups in total. The zero-order valence-corrected chi connectivity index (χ0v) is 14.0. The van der Waals surface area contributed by atoms with E-state index in [1.54, 1.807) is 0 Å². The van der Waals surface area contributed by atoms with Gasteiger partial charge in [0, 0.05) is 19.6 Å². The number of halogens is 3. The van der Waals surface area contributed by atoms with Crippen LogP contribution in [0, 0.1) is 23.2 Å². The maximum Gasteiger partial charge on any atom is 0.394 e. The van der Waals surface area contributed by atoms with E-state index in [1.807, 2.05) is 0 Å². The molecule has 1 aliphatic carbocycles. The largest absolute Gasteiger partial charge is 0.481 e. The lowest BCUT2D eigenvalue weighted by Gasteiger charge is -2.34. The molecular weight excluding hydrogens is 325 g/mol. The first-order valence-corrected chi connectivity index (χ1v) is 8.32. The zero-order valence-electron chi connectivity index (χ0n) is 14.0. The van der Waals surface area contributed by atoms with Crippen LogP contribution in [0.1, 0.15) is 39.5 Å². The first-order chi connectivity index (χ1) is 11.0. The second-order valence-corrected chi connectivity index (χ2v) is 7.79. The number of nitrogens with zero attached hydrogens (tertiary/aromatic N) is 1. The highest BCUT2D eigenvalue weighted by atomic mass is 19.4. The van der Waals surface area contributed by atoms with E-state index in [0.29, 0.717) is 17.9 Å². The van der Waals surface area contributed by atoms with E-state index < -0.39 is 43.1 Å². The molecule has 0 radical (unpaired) electrons. The van der Waals surface area contributed by atoms with Crippen molar-refractivity contribution in [2.45, 2.75) is 45.7 Å². The molecule has 8 heteroatoms. The summed E-state index contributed by atoms with van der Waals surface area (Å²) in [6.45, 7) is 3.84. The number of likely N-dealkylation sites (tertiary alicyclic amines) is 1. The number of carbonyl (C=O) groups excluding carboxylic acids is 1. The average molecular weight is 350 g/mol. The van der Waals surface area contributed by atoms with Crippen LogP contribution in [0.5, 0.6) is 0 Å². The second-order valence-electron chi connectivity index (χ2n) is 7.79. The van der Waals surface area contributed by atoms with E-state index in [1.165, 1.54) is 0 Å². The molecule has 2 rings (SSSR count). The summed E-state index contributed by atoms with van der Waals surface area (Å²) in [4.78, 5) is 24.1. The number of alkyl halides is 3. The Morgan fingerprint density at radius 2 is 1.79 bits per heavy atom. The van der Waals surface area contributed by atoms with Gasteiger partial charge in [0.15, 0.2) is 0 Å². The summed E-state index contributed by atoms with van der Waals surface area (Å²) in [7, 11) is 0. The number of carboxylic acid groups (broad SMARTS) is 1. The van der Waals surface area contributed by atoms with Gasteiger partial charge in [0.05, 0.1) is 11.8 Å². The van der Waals surface area contributed by atoms with Gasteiger partial charge in [-0.2, -0.15) is 13.2 Å². The molecule has 0 aromatic carbocycles. The highest BCUT2D eigenvalue weighted by molar-refractivity contribution is 5.77. The number of urea groups is 1. The van der Waals surface area contributed by atoms with Crippen molar-refractivity contribution in [1.82, 2.24) is 10.2 Å². The molecule has 2 amide bonds. The third kappa shape index (κ3) is 4.54. The monoisotopic (exact) mass is 350 g/mol. The van der Waals surface area contributed by atoms with Crippen LogP contribution in [-0.4, -0.2) is 47.8 Å². The zero-order chi connectivity index (χ0) is 18.1. The Hall–Kier alpha value is -1.47. The van der Waals surface area contributed by atoms with Crippen molar-refractivity contribution in [2.75, 3.05) is 19.6 Å². The number of hydrogen-bond acceptors (Lipinski definition) is 2. The van der Waals surface area contributed by atoms with Crippen LogP contribution in [-0.2, 0) is 4.79 Å². The summed E-state index contributed by atoms with van der Waals surface area (Å²) in [6.07, 6.45) is -0.525. The summed E-state index contributed by atoms with van der Waals surface area (Å²) in [5.74, 6) is -4.78. The molecule has 1 saturated carbocycles. The number of aliphatic carboxylic acids is 1. The normalized spacial score (nSPS) is 28.0. The number of amides is 2. The Bertz CT molecular complexity index is 483. The molecule has 5 nitrogen and oxygen atoms in total. The SMILES string of the molecule is CC1(C)CCC(CNC(=O)N2C[C@@H](C(F)(F)F)[C@H](C(=O)O)C2)CC1. The highest BCUT2D eigenvalue weighted by Gasteiger charge is 2.53. The Labute approximate surface area is 139 Å². The van der Waals surface area contributed by atoms with Crippen LogP contribution in [0.25, 0.3) is 0 Å². The average Bonchev–Trinajstić information content (AvgIpc) is 2.91. The molecule has 0 aromatic heterocycles. The topological polar surface area (TPSA) is 69.6 Å². The van der Waals surface area contributed by atoms with Crippen molar-refractivity contribution in [1.29, 1.82) is 0 Å². The summed E-state index contributed by atoms with van der Waals surface area (Å²) in [5.41, 5.74) is 0.310. The lowest BCUT2D eigenvalue weighted by molar-refractivity contribution is -0.187. The van der Waals surface area contributed by atoms with Crippen LogP contribution in [0.15, 0.2) is 0 Å². The highest BCUT2D eigenvalue weighted by Crippen LogP contribution is 2.39. The molecule has 2 aliphatic rings. The second kappa shape index (κ2) is 6.80. The van der Waals surface area contributed by atoms with Gasteiger partial charge in [0.25, 0.3) is 0 Å². The fourth-order valence-electron chi connectivity index (χ4n) is 3.56. The van der Waals surface area contributed by atoms with Crippen LogP contribution >= 0.6 is 0 Å². The van der Waals surface area contributed by atoms with Crippen LogP contribution in [0.3, 0.4) is 0 Å². The predicted octanol–water partition coefficient (Wildman–Crippen LogP) is 3.11. The molecule has 2 atom stereocenters. The van der Waals surface area contributed by atoms with E-state index >= 15 is 0 Å². The minimum atomic E-state index is -4.62. The van der Waals surface area contributed by atoms with Crippen LogP contribution < -0.4 is 5.32 Å². The molecule has 0 unspecified atom stereocenters. The number of rotatable bonds is 3. The van der Waals surface area contributed by atoms with Crippen molar-refractivity contribution in [3.05, 3.63) is 0 Å². The third-order valence-electron chi connectivity index (χ3n) is 5.35. The van der Waals surface area contributed by atoms with E-state index in [0.717, 1.165) is 30.6 Å². The molecule has 1 saturated heterocycles. The minimum Gasteiger partial charge on any atom is -0.481 e. The molecule has 0 bridgehead atoms. The first kappa shape index (κ1) is 18.9. The molecule has 138 valence electrons. The molecule has 0 aromatic rings. The molecule has 1 aliphatic heterocycles. The molecule has 0 spiro atoms. The Morgan fingerprint density at radius 3 is 2.25 bits per heavy atom. The quantitative estimate of drug-likeness (QED) is 0.822. The van der Waals surface area contributed by atoms with Gasteiger partial charge in [0.2, 0.25) is 0 Å². The van der Waals surface area contributed by atoms with Crippen molar-refractivity contribution in [2.24, 2.45) is 23.2 Å². The van der Waals surface area contributed by atoms with Crippen molar-refractivity contribution < 1.29 is 27.9 Å². The van der Waals surface area contributed by atoms with Gasteiger partial charge in [-0.25, -0.2) is 4.79 Å². The van der Waals surface area contributed by atoms with Gasteiger partial charge in [-0.1, -0.05) is 13.8 Å². The fraction of sp³-hybridized carbons (Fsp3) is 0.875. The van der Waals surface area contributed by atoms with E-state index in [9.17, 15) is 22.8 Å². The molecule has 1 heterocycles. The van der Waals surface area contributed by atoms with Gasteiger partial charge in [0.1, 0.15) is 0 Å². The van der Waals surface area contributed by atoms with Gasteiger partial charge < -0.3 is 15.3 Å². The maximum atomic E-state index is 12.9. The van der Waals surface area contributed by atoms with Gasteiger partial charge in [-0.15, -0.1) is 0 Å². The van der Waals surface area contributed by atoms with E-state index in [4.69, 9.17) is 5.11 Å². The van der Waals surface area contributed by atoms with Gasteiger partial charge in [-0.05, 0) is 37.0 Å². The Morgan fingerprint density at radius 1 is 1.21 bits per heavy atom. The first-order valence-electron chi connectivity index (χ1n) is 8.32. The minimum absolute atomic E-state index is 0.310.